The fraction of sp³-hybridized carbons (Fsp3) is 0.111. The van der Waals surface area contributed by atoms with Gasteiger partial charge in [0.25, 0.3) is 5.56 Å². The average molecular weight is 484 g/mol. The summed E-state index contributed by atoms with van der Waals surface area (Å²) in [5.41, 5.74) is 5.45. The molecular weight excluding hydrogens is 462 g/mol. The number of benzene rings is 3. The van der Waals surface area contributed by atoms with E-state index in [9.17, 15) is 4.79 Å². The zero-order valence-electron chi connectivity index (χ0n) is 17.6. The second-order valence-electron chi connectivity index (χ2n) is 7.93. The molecule has 2 heterocycles. The molecule has 0 saturated heterocycles. The molecule has 0 radical (unpaired) electrons. The van der Waals surface area contributed by atoms with Crippen molar-refractivity contribution >= 4 is 26.8 Å². The number of halogens is 1. The lowest BCUT2D eigenvalue weighted by molar-refractivity contribution is 0.771. The van der Waals surface area contributed by atoms with Crippen molar-refractivity contribution in [2.24, 2.45) is 0 Å². The molecule has 4 nitrogen and oxygen atoms in total. The van der Waals surface area contributed by atoms with E-state index in [1.165, 1.54) is 0 Å². The fourth-order valence-corrected chi connectivity index (χ4v) is 4.51. The number of hydrogen-bond donors (Lipinski definition) is 1. The maximum Gasteiger partial charge on any atom is 0.275 e. The SMILES string of the molecule is Cc1[nH]n(-c2ccccc2)c(=O)c1C(Cc1ccc2ccccc2n1)c1ccc(Br)cc1. The second-order valence-corrected chi connectivity index (χ2v) is 8.85. The van der Waals surface area contributed by atoms with E-state index in [2.05, 4.69) is 51.4 Å². The molecule has 3 aromatic carbocycles. The Hall–Kier alpha value is -3.44. The van der Waals surface area contributed by atoms with Gasteiger partial charge in [0, 0.05) is 39.1 Å². The van der Waals surface area contributed by atoms with Gasteiger partial charge in [0.05, 0.1) is 11.2 Å². The number of para-hydroxylation sites is 2. The number of H-pyrrole nitrogens is 1. The topological polar surface area (TPSA) is 50.7 Å². The Morgan fingerprint density at radius 3 is 2.41 bits per heavy atom. The lowest BCUT2D eigenvalue weighted by Gasteiger charge is -2.17. The van der Waals surface area contributed by atoms with Crippen molar-refractivity contribution in [3.63, 3.8) is 0 Å². The van der Waals surface area contributed by atoms with Crippen LogP contribution in [0.1, 0.15) is 28.4 Å². The Balaban J connectivity index is 1.63. The third-order valence-electron chi connectivity index (χ3n) is 5.82. The third kappa shape index (κ3) is 3.92. The molecule has 0 amide bonds. The maximum atomic E-state index is 13.6. The summed E-state index contributed by atoms with van der Waals surface area (Å²) in [5, 5.41) is 4.39. The van der Waals surface area contributed by atoms with Crippen LogP contribution in [-0.4, -0.2) is 14.8 Å². The maximum absolute atomic E-state index is 13.6. The molecular formula is C27H22BrN3O. The fourth-order valence-electron chi connectivity index (χ4n) is 4.24. The summed E-state index contributed by atoms with van der Waals surface area (Å²) in [6.07, 6.45) is 0.634. The van der Waals surface area contributed by atoms with Crippen LogP contribution in [0.2, 0.25) is 0 Å². The Bertz CT molecular complexity index is 1440. The Morgan fingerprint density at radius 1 is 0.906 bits per heavy atom. The predicted molar refractivity (Wildman–Crippen MR) is 133 cm³/mol. The van der Waals surface area contributed by atoms with Gasteiger partial charge in [-0.15, -0.1) is 0 Å². The summed E-state index contributed by atoms with van der Waals surface area (Å²) < 4.78 is 2.64. The van der Waals surface area contributed by atoms with E-state index < -0.39 is 0 Å². The standard InChI is InChI=1S/C27H22BrN3O/c1-18-26(27(32)31(30-18)23-8-3-2-4-9-23)24(19-11-14-21(28)15-12-19)17-22-16-13-20-7-5-6-10-25(20)29-22/h2-16,24,30H,17H2,1H3. The van der Waals surface area contributed by atoms with Crippen LogP contribution in [-0.2, 0) is 6.42 Å². The summed E-state index contributed by atoms with van der Waals surface area (Å²) in [7, 11) is 0. The quantitative estimate of drug-likeness (QED) is 0.325. The molecule has 5 rings (SSSR count). The van der Waals surface area contributed by atoms with Crippen LogP contribution in [0.4, 0.5) is 0 Å². The number of hydrogen-bond acceptors (Lipinski definition) is 2. The van der Waals surface area contributed by atoms with Crippen molar-refractivity contribution < 1.29 is 0 Å². The van der Waals surface area contributed by atoms with Crippen LogP contribution in [0.25, 0.3) is 16.6 Å². The van der Waals surface area contributed by atoms with E-state index >= 15 is 0 Å². The molecule has 1 atom stereocenters. The van der Waals surface area contributed by atoms with E-state index in [4.69, 9.17) is 4.98 Å². The number of pyridine rings is 1. The largest absolute Gasteiger partial charge is 0.295 e. The number of rotatable bonds is 5. The van der Waals surface area contributed by atoms with E-state index in [1.807, 2.05) is 67.6 Å². The highest BCUT2D eigenvalue weighted by atomic mass is 79.9. The summed E-state index contributed by atoms with van der Waals surface area (Å²) in [5.74, 6) is -0.120. The molecule has 0 spiro atoms. The molecule has 0 fully saturated rings. The Morgan fingerprint density at radius 2 is 1.62 bits per heavy atom. The second kappa shape index (κ2) is 8.60. The average Bonchev–Trinajstić information content (AvgIpc) is 3.12. The summed E-state index contributed by atoms with van der Waals surface area (Å²) in [6.45, 7) is 1.97. The van der Waals surface area contributed by atoms with Crippen LogP contribution in [0.3, 0.4) is 0 Å². The molecule has 5 aromatic rings. The number of nitrogens with one attached hydrogen (secondary N) is 1. The minimum absolute atomic E-state index is 0.0255. The molecule has 1 N–H and O–H groups in total. The van der Waals surface area contributed by atoms with E-state index in [0.717, 1.165) is 43.6 Å². The van der Waals surface area contributed by atoms with Gasteiger partial charge in [-0.2, -0.15) is 0 Å². The molecule has 32 heavy (non-hydrogen) atoms. The normalized spacial score (nSPS) is 12.2. The van der Waals surface area contributed by atoms with Gasteiger partial charge in [-0.3, -0.25) is 14.9 Å². The van der Waals surface area contributed by atoms with Crippen LogP contribution in [0.5, 0.6) is 0 Å². The van der Waals surface area contributed by atoms with Crippen LogP contribution < -0.4 is 5.56 Å². The zero-order chi connectivity index (χ0) is 22.1. The predicted octanol–water partition coefficient (Wildman–Crippen LogP) is 6.16. The monoisotopic (exact) mass is 483 g/mol. The van der Waals surface area contributed by atoms with Crippen molar-refractivity contribution in [3.8, 4) is 5.69 Å². The minimum Gasteiger partial charge on any atom is -0.295 e. The van der Waals surface area contributed by atoms with Crippen molar-refractivity contribution in [1.29, 1.82) is 0 Å². The molecule has 0 bridgehead atoms. The smallest absolute Gasteiger partial charge is 0.275 e. The van der Waals surface area contributed by atoms with Crippen LogP contribution >= 0.6 is 15.9 Å². The first kappa shape index (κ1) is 20.5. The van der Waals surface area contributed by atoms with Gasteiger partial charge in [0.2, 0.25) is 0 Å². The third-order valence-corrected chi connectivity index (χ3v) is 6.35. The molecule has 5 heteroatoms. The first-order valence-electron chi connectivity index (χ1n) is 10.6. The van der Waals surface area contributed by atoms with Crippen molar-refractivity contribution in [1.82, 2.24) is 14.8 Å². The molecule has 1 unspecified atom stereocenters. The highest BCUT2D eigenvalue weighted by Gasteiger charge is 2.24. The van der Waals surface area contributed by atoms with Crippen LogP contribution in [0, 0.1) is 6.92 Å². The molecule has 0 saturated carbocycles. The molecule has 0 aliphatic carbocycles. The highest BCUT2D eigenvalue weighted by molar-refractivity contribution is 9.10. The van der Waals surface area contributed by atoms with Gasteiger partial charge in [-0.1, -0.05) is 70.5 Å². The van der Waals surface area contributed by atoms with Crippen molar-refractivity contribution in [2.75, 3.05) is 0 Å². The van der Waals surface area contributed by atoms with Gasteiger partial charge in [-0.05, 0) is 48.9 Å². The molecule has 0 aliphatic rings. The first-order valence-corrected chi connectivity index (χ1v) is 11.4. The van der Waals surface area contributed by atoms with E-state index in [0.29, 0.717) is 6.42 Å². The number of aromatic amines is 1. The summed E-state index contributed by atoms with van der Waals surface area (Å²) >= 11 is 3.52. The number of aromatic nitrogens is 3. The van der Waals surface area contributed by atoms with Gasteiger partial charge in [0.15, 0.2) is 0 Å². The highest BCUT2D eigenvalue weighted by Crippen LogP contribution is 2.30. The summed E-state index contributed by atoms with van der Waals surface area (Å²) in [4.78, 5) is 18.5. The lowest BCUT2D eigenvalue weighted by Crippen LogP contribution is -2.21. The van der Waals surface area contributed by atoms with Gasteiger partial charge >= 0.3 is 0 Å². The number of aryl methyl sites for hydroxylation is 1. The minimum atomic E-state index is -0.120. The first-order chi connectivity index (χ1) is 15.6. The lowest BCUT2D eigenvalue weighted by atomic mass is 9.87. The number of nitrogens with zero attached hydrogens (tertiary/aromatic N) is 2. The molecule has 158 valence electrons. The molecule has 2 aromatic heterocycles. The van der Waals surface area contributed by atoms with E-state index in [-0.39, 0.29) is 11.5 Å². The number of fused-ring (bicyclic) bond motifs is 1. The molecule has 0 aliphatic heterocycles. The van der Waals surface area contributed by atoms with Gasteiger partial charge in [-0.25, -0.2) is 4.68 Å². The van der Waals surface area contributed by atoms with E-state index in [1.54, 1.807) is 4.68 Å². The summed E-state index contributed by atoms with van der Waals surface area (Å²) in [6, 6.07) is 30.1. The zero-order valence-corrected chi connectivity index (χ0v) is 19.2. The van der Waals surface area contributed by atoms with Gasteiger partial charge in [0.1, 0.15) is 0 Å². The van der Waals surface area contributed by atoms with Crippen molar-refractivity contribution in [3.05, 3.63) is 128 Å². The van der Waals surface area contributed by atoms with Crippen LogP contribution in [0.15, 0.2) is 100 Å². The van der Waals surface area contributed by atoms with Gasteiger partial charge < -0.3 is 0 Å². The Kier molecular flexibility index (Phi) is 5.50. The van der Waals surface area contributed by atoms with Crippen molar-refractivity contribution in [2.45, 2.75) is 19.3 Å². The Labute approximate surface area is 194 Å².